The molecule has 4 heterocycles. The smallest absolute Gasteiger partial charge is 0.247 e. The summed E-state index contributed by atoms with van der Waals surface area (Å²) in [5.74, 6) is -1.95. The molecular weight excluding hydrogens is 528 g/mol. The van der Waals surface area contributed by atoms with Crippen LogP contribution in [0, 0.1) is 11.8 Å². The first-order valence-corrected chi connectivity index (χ1v) is 14.0. The van der Waals surface area contributed by atoms with Crippen molar-refractivity contribution < 1.29 is 29.0 Å². The highest BCUT2D eigenvalue weighted by Gasteiger charge is 2.77. The number of hydrogen-bond donors (Lipinski definition) is 3. The zero-order valence-corrected chi connectivity index (χ0v) is 23.1. The number of amides is 3. The number of ether oxygens (including phenoxy) is 2. The standard InChI is InChI=1S/C29H34N6O6/c1-3-40-19-11-9-18(10-12-19)31-25(37)22-23-27(39)34(15-6-16-36)24(29(23)14-13-28(22,2)41-29)26(38)30-17-35-21-8-5-4-7-20(21)32-33-35/h4-5,7-12,22-24,36H,3,6,13-17H2,1-2H3,(H,30,38)(H,31,37)/t22-,23+,24?,28+,29?/m1/s1. The van der Waals surface area contributed by atoms with Crippen LogP contribution in [0.15, 0.2) is 48.5 Å². The Bertz CT molecular complexity index is 1480. The summed E-state index contributed by atoms with van der Waals surface area (Å²) in [6.07, 6.45) is 1.29. The van der Waals surface area contributed by atoms with Crippen molar-refractivity contribution in [2.45, 2.75) is 57.0 Å². The number of likely N-dealkylation sites (tertiary alicyclic amines) is 1. The number of carbonyl (C=O) groups is 3. The lowest BCUT2D eigenvalue weighted by molar-refractivity contribution is -0.145. The van der Waals surface area contributed by atoms with Gasteiger partial charge in [0.25, 0.3) is 0 Å². The van der Waals surface area contributed by atoms with Crippen molar-refractivity contribution in [3.05, 3.63) is 48.5 Å². The molecule has 3 aliphatic rings. The number of anilines is 1. The molecule has 0 radical (unpaired) electrons. The van der Waals surface area contributed by atoms with Crippen molar-refractivity contribution in [3.8, 4) is 5.75 Å². The third-order valence-electron chi connectivity index (χ3n) is 8.62. The van der Waals surface area contributed by atoms with Gasteiger partial charge < -0.3 is 30.1 Å². The fourth-order valence-corrected chi connectivity index (χ4v) is 6.91. The quantitative estimate of drug-likeness (QED) is 0.338. The third-order valence-corrected chi connectivity index (χ3v) is 8.62. The van der Waals surface area contributed by atoms with Crippen LogP contribution in [0.4, 0.5) is 5.69 Å². The van der Waals surface area contributed by atoms with E-state index in [-0.39, 0.29) is 31.6 Å². The monoisotopic (exact) mass is 562 g/mol. The maximum Gasteiger partial charge on any atom is 0.247 e. The van der Waals surface area contributed by atoms with Crippen LogP contribution in [0.5, 0.6) is 5.75 Å². The summed E-state index contributed by atoms with van der Waals surface area (Å²) in [7, 11) is 0. The molecule has 2 unspecified atom stereocenters. The number of benzene rings is 2. The zero-order chi connectivity index (χ0) is 28.8. The lowest BCUT2D eigenvalue weighted by atomic mass is 9.66. The number of nitrogens with zero attached hydrogens (tertiary/aromatic N) is 4. The van der Waals surface area contributed by atoms with E-state index >= 15 is 0 Å². The summed E-state index contributed by atoms with van der Waals surface area (Å²) in [4.78, 5) is 43.1. The van der Waals surface area contributed by atoms with E-state index in [1.165, 1.54) is 4.90 Å². The molecule has 3 N–H and O–H groups in total. The van der Waals surface area contributed by atoms with Crippen molar-refractivity contribution in [2.75, 3.05) is 25.1 Å². The highest BCUT2D eigenvalue weighted by atomic mass is 16.5. The molecule has 3 saturated heterocycles. The summed E-state index contributed by atoms with van der Waals surface area (Å²) in [5.41, 5.74) is -0.0142. The number of rotatable bonds is 10. The molecule has 12 nitrogen and oxygen atoms in total. The summed E-state index contributed by atoms with van der Waals surface area (Å²) >= 11 is 0. The second kappa shape index (κ2) is 10.4. The Hall–Kier alpha value is -4.03. The minimum Gasteiger partial charge on any atom is -0.494 e. The fourth-order valence-electron chi connectivity index (χ4n) is 6.91. The predicted octanol–water partition coefficient (Wildman–Crippen LogP) is 1.69. The number of aliphatic hydroxyl groups is 1. The molecule has 12 heteroatoms. The van der Waals surface area contributed by atoms with Crippen LogP contribution in [-0.2, 0) is 25.8 Å². The highest BCUT2D eigenvalue weighted by molar-refractivity contribution is 6.02. The van der Waals surface area contributed by atoms with Gasteiger partial charge in [0, 0.05) is 18.8 Å². The topological polar surface area (TPSA) is 148 Å². The van der Waals surface area contributed by atoms with Gasteiger partial charge in [-0.3, -0.25) is 14.4 Å². The predicted molar refractivity (Wildman–Crippen MR) is 148 cm³/mol. The van der Waals surface area contributed by atoms with Crippen LogP contribution in [0.3, 0.4) is 0 Å². The molecule has 216 valence electrons. The third kappa shape index (κ3) is 4.41. The SMILES string of the molecule is CCOc1ccc(NC(=O)[C@H]2[C@H]3C(=O)N(CCCO)C(C(=O)NCn4nnc5ccccc54)C34CC[C@]2(C)O4)cc1. The molecule has 0 saturated carbocycles. The molecular formula is C29H34N6O6. The Morgan fingerprint density at radius 1 is 1.15 bits per heavy atom. The van der Waals surface area contributed by atoms with Gasteiger partial charge in [-0.2, -0.15) is 0 Å². The van der Waals surface area contributed by atoms with Crippen molar-refractivity contribution >= 4 is 34.4 Å². The van der Waals surface area contributed by atoms with E-state index in [0.29, 0.717) is 42.8 Å². The Labute approximate surface area is 237 Å². The summed E-state index contributed by atoms with van der Waals surface area (Å²) in [5, 5.41) is 23.7. The molecule has 6 rings (SSSR count). The molecule has 2 bridgehead atoms. The Kier molecular flexibility index (Phi) is 6.90. The van der Waals surface area contributed by atoms with Gasteiger partial charge in [-0.25, -0.2) is 4.68 Å². The van der Waals surface area contributed by atoms with Crippen LogP contribution < -0.4 is 15.4 Å². The van der Waals surface area contributed by atoms with E-state index in [4.69, 9.17) is 9.47 Å². The van der Waals surface area contributed by atoms with Crippen molar-refractivity contribution in [1.29, 1.82) is 0 Å². The largest absolute Gasteiger partial charge is 0.494 e. The lowest BCUT2D eigenvalue weighted by Gasteiger charge is -2.33. The molecule has 5 atom stereocenters. The van der Waals surface area contributed by atoms with Gasteiger partial charge in [0.2, 0.25) is 17.7 Å². The van der Waals surface area contributed by atoms with E-state index in [1.807, 2.05) is 38.1 Å². The number of nitrogens with one attached hydrogen (secondary N) is 2. The first kappa shape index (κ1) is 27.2. The average molecular weight is 563 g/mol. The number of aliphatic hydroxyl groups excluding tert-OH is 1. The molecule has 3 aromatic rings. The van der Waals surface area contributed by atoms with Crippen LogP contribution in [0.2, 0.25) is 0 Å². The number of carbonyl (C=O) groups excluding carboxylic acids is 3. The van der Waals surface area contributed by atoms with E-state index in [0.717, 1.165) is 5.52 Å². The molecule has 41 heavy (non-hydrogen) atoms. The molecule has 0 aliphatic carbocycles. The molecule has 2 aromatic carbocycles. The number of para-hydroxylation sites is 1. The van der Waals surface area contributed by atoms with Crippen molar-refractivity contribution in [3.63, 3.8) is 0 Å². The second-order valence-electron chi connectivity index (χ2n) is 11.1. The Morgan fingerprint density at radius 3 is 2.68 bits per heavy atom. The van der Waals surface area contributed by atoms with Crippen molar-refractivity contribution in [1.82, 2.24) is 25.2 Å². The van der Waals surface area contributed by atoms with Gasteiger partial charge in [-0.1, -0.05) is 17.3 Å². The first-order chi connectivity index (χ1) is 19.8. The maximum absolute atomic E-state index is 14.0. The van der Waals surface area contributed by atoms with Crippen LogP contribution >= 0.6 is 0 Å². The van der Waals surface area contributed by atoms with Crippen molar-refractivity contribution in [2.24, 2.45) is 11.8 Å². The van der Waals surface area contributed by atoms with E-state index in [1.54, 1.807) is 28.9 Å². The minimum absolute atomic E-state index is 0.0531. The molecule has 3 aliphatic heterocycles. The van der Waals surface area contributed by atoms with Gasteiger partial charge in [-0.05, 0) is 69.5 Å². The summed E-state index contributed by atoms with van der Waals surface area (Å²) < 4.78 is 13.7. The average Bonchev–Trinajstić information content (AvgIpc) is 3.67. The maximum atomic E-state index is 14.0. The van der Waals surface area contributed by atoms with Gasteiger partial charge in [0.1, 0.15) is 29.6 Å². The van der Waals surface area contributed by atoms with Gasteiger partial charge in [0.15, 0.2) is 0 Å². The lowest BCUT2D eigenvalue weighted by Crippen LogP contribution is -2.55. The van der Waals surface area contributed by atoms with E-state index < -0.39 is 35.0 Å². The number of aromatic nitrogens is 3. The highest BCUT2D eigenvalue weighted by Crippen LogP contribution is 2.63. The zero-order valence-electron chi connectivity index (χ0n) is 23.1. The molecule has 1 spiro atoms. The van der Waals surface area contributed by atoms with Gasteiger partial charge in [-0.15, -0.1) is 5.10 Å². The molecule has 3 fully saturated rings. The second-order valence-corrected chi connectivity index (χ2v) is 11.1. The minimum atomic E-state index is -1.16. The summed E-state index contributed by atoms with van der Waals surface area (Å²) in [6.45, 7) is 4.37. The molecule has 1 aromatic heterocycles. The van der Waals surface area contributed by atoms with Gasteiger partial charge >= 0.3 is 0 Å². The Morgan fingerprint density at radius 2 is 1.93 bits per heavy atom. The normalized spacial score (nSPS) is 28.2. The van der Waals surface area contributed by atoms with E-state index in [2.05, 4.69) is 20.9 Å². The fraction of sp³-hybridized carbons (Fsp3) is 0.483. The van der Waals surface area contributed by atoms with Crippen LogP contribution in [0.25, 0.3) is 11.0 Å². The number of hydrogen-bond acceptors (Lipinski definition) is 8. The van der Waals surface area contributed by atoms with Crippen LogP contribution in [0.1, 0.15) is 33.1 Å². The Balaban J connectivity index is 1.26. The van der Waals surface area contributed by atoms with Crippen LogP contribution in [-0.4, -0.2) is 79.7 Å². The van der Waals surface area contributed by atoms with Gasteiger partial charge in [0.05, 0.1) is 29.6 Å². The first-order valence-electron chi connectivity index (χ1n) is 14.0. The number of fused-ring (bicyclic) bond motifs is 2. The molecule has 3 amide bonds. The van der Waals surface area contributed by atoms with E-state index in [9.17, 15) is 19.5 Å². The summed E-state index contributed by atoms with van der Waals surface area (Å²) in [6, 6.07) is 13.5.